The van der Waals surface area contributed by atoms with Crippen LogP contribution in [0.15, 0.2) is 71.6 Å². The van der Waals surface area contributed by atoms with E-state index in [0.29, 0.717) is 41.1 Å². The predicted octanol–water partition coefficient (Wildman–Crippen LogP) is 7.57. The van der Waals surface area contributed by atoms with Crippen molar-refractivity contribution in [3.63, 3.8) is 0 Å². The van der Waals surface area contributed by atoms with Crippen LogP contribution < -0.4 is 9.46 Å². The number of allylic oxidation sites excluding steroid dienone is 3. The van der Waals surface area contributed by atoms with Gasteiger partial charge >= 0.3 is 0 Å². The molecule has 0 saturated heterocycles. The smallest absolute Gasteiger partial charge is 0.213 e. The molecule has 0 atom stereocenters. The number of hydrogen-bond acceptors (Lipinski definition) is 6. The van der Waals surface area contributed by atoms with Crippen molar-refractivity contribution in [2.24, 2.45) is 0 Å². The number of anilines is 1. The Morgan fingerprint density at radius 3 is 2.60 bits per heavy atom. The van der Waals surface area contributed by atoms with Crippen LogP contribution in [0.3, 0.4) is 0 Å². The normalized spacial score (nSPS) is 13.2. The van der Waals surface area contributed by atoms with Crippen LogP contribution in [0.5, 0.6) is 5.88 Å². The lowest BCUT2D eigenvalue weighted by atomic mass is 9.98. The van der Waals surface area contributed by atoms with E-state index in [1.54, 1.807) is 31.5 Å². The van der Waals surface area contributed by atoms with Gasteiger partial charge in [-0.15, -0.1) is 0 Å². The fourth-order valence-electron chi connectivity index (χ4n) is 4.12. The molecule has 1 aliphatic rings. The molecule has 1 aromatic carbocycles. The first-order valence-corrected chi connectivity index (χ1v) is 14.0. The van der Waals surface area contributed by atoms with Gasteiger partial charge in [0.15, 0.2) is 5.82 Å². The van der Waals surface area contributed by atoms with Crippen LogP contribution in [-0.4, -0.2) is 53.1 Å². The van der Waals surface area contributed by atoms with Gasteiger partial charge in [-0.05, 0) is 75.3 Å². The van der Waals surface area contributed by atoms with Crippen molar-refractivity contribution in [1.82, 2.24) is 20.1 Å². The number of ether oxygens (including phenoxy) is 1. The van der Waals surface area contributed by atoms with E-state index in [9.17, 15) is 18.0 Å². The number of carbonyl (C=O) groups excluding carboxylic acids is 1. The SMILES string of the molecule is Cc1cc(-c2ccc(OCCCN(C)C)nc2)c[nH][nH]cc1C(=O)c1c(F)ccc(NSC2=C(F)CCC(F)=C2)c1F. The number of H-pyrrole nitrogens is 2. The summed E-state index contributed by atoms with van der Waals surface area (Å²) in [5.41, 5.74) is 0.777. The maximum Gasteiger partial charge on any atom is 0.213 e. The second-order valence-corrected chi connectivity index (χ2v) is 10.7. The molecule has 2 aromatic heterocycles. The van der Waals surface area contributed by atoms with Crippen LogP contribution in [0.25, 0.3) is 11.1 Å². The molecule has 12 heteroatoms. The van der Waals surface area contributed by atoms with Crippen molar-refractivity contribution in [3.05, 3.63) is 99.9 Å². The molecule has 0 fully saturated rings. The highest BCUT2D eigenvalue weighted by Gasteiger charge is 2.24. The minimum atomic E-state index is -1.15. The number of ketones is 1. The molecule has 0 saturated carbocycles. The number of aromatic nitrogens is 3. The summed E-state index contributed by atoms with van der Waals surface area (Å²) >= 11 is 0.642. The molecule has 42 heavy (non-hydrogen) atoms. The number of rotatable bonds is 11. The Hall–Kier alpha value is -4.03. The third-order valence-corrected chi connectivity index (χ3v) is 7.25. The second kappa shape index (κ2) is 14.2. The molecule has 222 valence electrons. The molecule has 4 rings (SSSR count). The van der Waals surface area contributed by atoms with Gasteiger partial charge in [0.25, 0.3) is 0 Å². The van der Waals surface area contributed by atoms with Crippen molar-refractivity contribution in [2.45, 2.75) is 26.2 Å². The van der Waals surface area contributed by atoms with Gasteiger partial charge in [0.1, 0.15) is 17.5 Å². The number of aryl methyl sites for hydroxylation is 1. The van der Waals surface area contributed by atoms with Crippen molar-refractivity contribution in [2.75, 3.05) is 32.0 Å². The van der Waals surface area contributed by atoms with E-state index < -0.39 is 34.6 Å². The molecule has 0 radical (unpaired) electrons. The maximum absolute atomic E-state index is 15.5. The van der Waals surface area contributed by atoms with Crippen LogP contribution >= 0.6 is 11.9 Å². The lowest BCUT2D eigenvalue weighted by molar-refractivity contribution is 0.103. The molecule has 3 N–H and O–H groups in total. The largest absolute Gasteiger partial charge is 0.478 e. The van der Waals surface area contributed by atoms with Crippen LogP contribution in [0.4, 0.5) is 23.2 Å². The number of halogens is 4. The standard InChI is InChI=1S/C30H31F4N5O2S/c1-18-13-20(19-5-10-27(35-15-19)41-12-4-11-39(2)3)16-36-37-17-22(18)30(40)28-24(33)8-9-25(29(28)34)38-42-26-14-21(31)6-7-23(26)32/h5,8-10,13-17,36-38H,4,6-7,11-12H2,1-3H3. The summed E-state index contributed by atoms with van der Waals surface area (Å²) in [4.78, 5) is 19.8. The summed E-state index contributed by atoms with van der Waals surface area (Å²) in [6.45, 7) is 3.07. The van der Waals surface area contributed by atoms with E-state index in [0.717, 1.165) is 31.2 Å². The van der Waals surface area contributed by atoms with E-state index in [4.69, 9.17) is 4.74 Å². The van der Waals surface area contributed by atoms with Crippen LogP contribution in [0.1, 0.15) is 40.7 Å². The summed E-state index contributed by atoms with van der Waals surface area (Å²) in [6.07, 6.45) is 6.32. The van der Waals surface area contributed by atoms with E-state index in [1.165, 1.54) is 6.20 Å². The van der Waals surface area contributed by atoms with Crippen molar-refractivity contribution < 1.29 is 27.1 Å². The number of carbonyl (C=O) groups is 1. The summed E-state index contributed by atoms with van der Waals surface area (Å²) in [7, 11) is 3.98. The average Bonchev–Trinajstić information content (AvgIpc) is 2.94. The van der Waals surface area contributed by atoms with E-state index in [2.05, 4.69) is 24.8 Å². The fourth-order valence-corrected chi connectivity index (χ4v) is 4.90. The molecule has 1 aliphatic carbocycles. The molecule has 0 spiro atoms. The summed E-state index contributed by atoms with van der Waals surface area (Å²) in [5, 5.41) is 5.59. The first-order chi connectivity index (χ1) is 20.1. The van der Waals surface area contributed by atoms with Gasteiger partial charge < -0.3 is 24.6 Å². The molecule has 0 bridgehead atoms. The minimum absolute atomic E-state index is 0.00976. The zero-order valence-corrected chi connectivity index (χ0v) is 24.2. The molecule has 7 nitrogen and oxygen atoms in total. The third kappa shape index (κ3) is 7.83. The number of hydrogen-bond donors (Lipinski definition) is 3. The Labute approximate surface area is 245 Å². The topological polar surface area (TPSA) is 86.0 Å². The molecular weight excluding hydrogens is 570 g/mol. The second-order valence-electron chi connectivity index (χ2n) is 9.84. The average molecular weight is 602 g/mol. The number of nitrogens with zero attached hydrogens (tertiary/aromatic N) is 2. The lowest BCUT2D eigenvalue weighted by Crippen LogP contribution is -2.15. The zero-order chi connectivity index (χ0) is 30.2. The lowest BCUT2D eigenvalue weighted by Gasteiger charge is -2.14. The van der Waals surface area contributed by atoms with E-state index in [-0.39, 0.29) is 29.0 Å². The number of nitrogens with one attached hydrogen (secondary N) is 3. The summed E-state index contributed by atoms with van der Waals surface area (Å²) < 4.78 is 66.2. The predicted molar refractivity (Wildman–Crippen MR) is 157 cm³/mol. The fraction of sp³-hybridized carbons (Fsp3) is 0.267. The van der Waals surface area contributed by atoms with Gasteiger partial charge in [-0.25, -0.2) is 22.5 Å². The van der Waals surface area contributed by atoms with E-state index in [1.807, 2.05) is 20.2 Å². The maximum atomic E-state index is 15.5. The highest BCUT2D eigenvalue weighted by atomic mass is 32.2. The zero-order valence-electron chi connectivity index (χ0n) is 23.4. The number of benzene rings is 1. The molecule has 0 amide bonds. The minimum Gasteiger partial charge on any atom is -0.478 e. The van der Waals surface area contributed by atoms with Gasteiger partial charge in [-0.2, -0.15) is 0 Å². The highest BCUT2D eigenvalue weighted by Crippen LogP contribution is 2.35. The molecule has 2 heterocycles. The van der Waals surface area contributed by atoms with Crippen LogP contribution in [0.2, 0.25) is 0 Å². The Bertz CT molecular complexity index is 1550. The van der Waals surface area contributed by atoms with Gasteiger partial charge in [0.05, 0.1) is 22.8 Å². The van der Waals surface area contributed by atoms with Crippen molar-refractivity contribution in [1.29, 1.82) is 0 Å². The summed E-state index contributed by atoms with van der Waals surface area (Å²) in [5.74, 6) is -3.69. The van der Waals surface area contributed by atoms with Crippen molar-refractivity contribution in [3.8, 4) is 17.0 Å². The quantitative estimate of drug-likeness (QED) is 0.0910. The van der Waals surface area contributed by atoms with Crippen LogP contribution in [-0.2, 0) is 0 Å². The van der Waals surface area contributed by atoms with E-state index >= 15 is 4.39 Å². The Morgan fingerprint density at radius 1 is 1.07 bits per heavy atom. The first-order valence-electron chi connectivity index (χ1n) is 13.2. The monoisotopic (exact) mass is 601 g/mol. The van der Waals surface area contributed by atoms with Crippen molar-refractivity contribution >= 4 is 23.4 Å². The molecule has 0 unspecified atom stereocenters. The highest BCUT2D eigenvalue weighted by molar-refractivity contribution is 8.04. The Balaban J connectivity index is 1.57. The molecular formula is C30H31F4N5O2S. The van der Waals surface area contributed by atoms with Gasteiger partial charge in [-0.1, -0.05) is 0 Å². The first kappa shape index (κ1) is 30.9. The molecule has 0 aliphatic heterocycles. The van der Waals surface area contributed by atoms with Gasteiger partial charge in [-0.3, -0.25) is 4.79 Å². The summed E-state index contributed by atoms with van der Waals surface area (Å²) in [6, 6.07) is 7.28. The van der Waals surface area contributed by atoms with Crippen LogP contribution in [0, 0.1) is 18.6 Å². The van der Waals surface area contributed by atoms with Gasteiger partial charge in [0.2, 0.25) is 11.7 Å². The molecule has 3 aromatic rings. The Morgan fingerprint density at radius 2 is 1.86 bits per heavy atom. The third-order valence-electron chi connectivity index (χ3n) is 6.37. The Kier molecular flexibility index (Phi) is 10.5. The van der Waals surface area contributed by atoms with Gasteiger partial charge in [0, 0.05) is 60.7 Å². The number of pyridine rings is 1. The number of aromatic amines is 2.